The first-order valence-corrected chi connectivity index (χ1v) is 13.2. The van der Waals surface area contributed by atoms with Crippen molar-refractivity contribution in [3.63, 3.8) is 0 Å². The molecule has 0 heterocycles. The van der Waals surface area contributed by atoms with Crippen molar-refractivity contribution in [2.24, 2.45) is 11.8 Å². The largest absolute Gasteiger partial charge is 0.428 e. The molecule has 6 heteroatoms. The highest BCUT2D eigenvalue weighted by Gasteiger charge is 2.35. The lowest BCUT2D eigenvalue weighted by Gasteiger charge is -2.28. The van der Waals surface area contributed by atoms with E-state index in [-0.39, 0.29) is 22.4 Å². The average molecular weight is 517 g/mol. The monoisotopic (exact) mass is 516 g/mol. The van der Waals surface area contributed by atoms with Crippen LogP contribution in [0.15, 0.2) is 60.7 Å². The van der Waals surface area contributed by atoms with Crippen LogP contribution in [-0.4, -0.2) is 0 Å². The van der Waals surface area contributed by atoms with E-state index < -0.39 is 23.6 Å². The van der Waals surface area contributed by atoms with Crippen LogP contribution in [0.5, 0.6) is 5.75 Å². The van der Waals surface area contributed by atoms with Crippen LogP contribution >= 0.6 is 0 Å². The molecule has 37 heavy (non-hydrogen) atoms. The third kappa shape index (κ3) is 6.91. The molecule has 0 aromatic heterocycles. The van der Waals surface area contributed by atoms with Crippen molar-refractivity contribution in [2.75, 3.05) is 0 Å². The molecular weight excluding hydrogens is 483 g/mol. The Morgan fingerprint density at radius 2 is 1.41 bits per heavy atom. The summed E-state index contributed by atoms with van der Waals surface area (Å²) in [6, 6.07) is 13.3. The normalized spacial score (nSPS) is 18.1. The van der Waals surface area contributed by atoms with Gasteiger partial charge in [0.2, 0.25) is 0 Å². The van der Waals surface area contributed by atoms with Crippen molar-refractivity contribution in [1.82, 2.24) is 0 Å². The Labute approximate surface area is 215 Å². The van der Waals surface area contributed by atoms with Gasteiger partial charge in [-0.05, 0) is 66.1 Å². The zero-order valence-electron chi connectivity index (χ0n) is 21.1. The lowest BCUT2D eigenvalue weighted by atomic mass is 9.78. The number of hydrogen-bond donors (Lipinski definition) is 0. The zero-order chi connectivity index (χ0) is 26.4. The van der Waals surface area contributed by atoms with Crippen molar-refractivity contribution < 1.29 is 26.7 Å². The number of rotatable bonds is 10. The first-order valence-electron chi connectivity index (χ1n) is 13.2. The van der Waals surface area contributed by atoms with Gasteiger partial charge in [0, 0.05) is 5.56 Å². The summed E-state index contributed by atoms with van der Waals surface area (Å²) in [5, 5.41) is 0. The minimum Gasteiger partial charge on any atom is -0.428 e. The smallest absolute Gasteiger partial charge is 0.426 e. The van der Waals surface area contributed by atoms with E-state index in [1.807, 2.05) is 0 Å². The van der Waals surface area contributed by atoms with Crippen LogP contribution < -0.4 is 4.74 Å². The number of benzene rings is 3. The summed E-state index contributed by atoms with van der Waals surface area (Å²) >= 11 is 0. The summed E-state index contributed by atoms with van der Waals surface area (Å²) < 4.78 is 76.0. The van der Waals surface area contributed by atoms with E-state index in [1.165, 1.54) is 81.3 Å². The van der Waals surface area contributed by atoms with E-state index in [4.69, 9.17) is 4.74 Å². The van der Waals surface area contributed by atoms with Gasteiger partial charge >= 0.3 is 6.11 Å². The van der Waals surface area contributed by atoms with Gasteiger partial charge in [0.05, 0.1) is 5.56 Å². The molecular formula is C31H33F5O. The molecule has 0 unspecified atom stereocenters. The van der Waals surface area contributed by atoms with Crippen molar-refractivity contribution in [3.8, 4) is 16.9 Å². The Morgan fingerprint density at radius 3 is 2.03 bits per heavy atom. The molecule has 0 aliphatic heterocycles. The Hall–Kier alpha value is -2.89. The minimum absolute atomic E-state index is 0.0287. The van der Waals surface area contributed by atoms with Gasteiger partial charge in [0.15, 0.2) is 17.5 Å². The van der Waals surface area contributed by atoms with E-state index in [2.05, 4.69) is 6.92 Å². The molecule has 1 aliphatic rings. The molecule has 1 aliphatic carbocycles. The van der Waals surface area contributed by atoms with E-state index in [0.717, 1.165) is 36.5 Å². The van der Waals surface area contributed by atoms with Gasteiger partial charge in [-0.1, -0.05) is 82.2 Å². The standard InChI is InChI=1S/C31H33F5O/c1-2-3-6-21-9-11-22(12-10-21)13-14-23-15-17-25(18-16-23)31(35,36)37-29-8-5-4-7-26(29)24-19-27(32)30(34)28(33)20-24/h4-5,7-8,15-22H,2-3,6,9-14H2,1H3. The average Bonchev–Trinajstić information content (AvgIpc) is 2.90. The maximum absolute atomic E-state index is 15.1. The van der Waals surface area contributed by atoms with Crippen LogP contribution in [0.25, 0.3) is 11.1 Å². The first-order chi connectivity index (χ1) is 17.8. The highest BCUT2D eigenvalue weighted by atomic mass is 19.3. The predicted molar refractivity (Wildman–Crippen MR) is 136 cm³/mol. The summed E-state index contributed by atoms with van der Waals surface area (Å²) in [5.41, 5.74) is 0.614. The summed E-state index contributed by atoms with van der Waals surface area (Å²) in [6.07, 6.45) is 7.22. The second-order valence-electron chi connectivity index (χ2n) is 10.1. The van der Waals surface area contributed by atoms with Crippen LogP contribution in [0.2, 0.25) is 0 Å². The minimum atomic E-state index is -3.68. The number of hydrogen-bond acceptors (Lipinski definition) is 1. The Kier molecular flexibility index (Phi) is 8.88. The lowest BCUT2D eigenvalue weighted by Crippen LogP contribution is -2.22. The number of para-hydroxylation sites is 1. The molecule has 3 aromatic carbocycles. The SMILES string of the molecule is CCCCC1CCC(CCc2ccc(C(F)(F)Oc3ccccc3-c3cc(F)c(F)c(F)c3)cc2)CC1. The molecule has 0 N–H and O–H groups in total. The Bertz CT molecular complexity index is 1140. The molecule has 0 amide bonds. The summed E-state index contributed by atoms with van der Waals surface area (Å²) in [7, 11) is 0. The second-order valence-corrected chi connectivity index (χ2v) is 10.1. The molecule has 198 valence electrons. The molecule has 1 nitrogen and oxygen atoms in total. The summed E-state index contributed by atoms with van der Waals surface area (Å²) in [4.78, 5) is 0. The number of unbranched alkanes of at least 4 members (excludes halogenated alkanes) is 1. The molecule has 0 bridgehead atoms. The number of ether oxygens (including phenoxy) is 1. The quantitative estimate of drug-likeness (QED) is 0.192. The van der Waals surface area contributed by atoms with Crippen LogP contribution in [0.1, 0.15) is 69.4 Å². The third-order valence-corrected chi connectivity index (χ3v) is 7.48. The van der Waals surface area contributed by atoms with Gasteiger partial charge in [-0.25, -0.2) is 13.2 Å². The van der Waals surface area contributed by atoms with Gasteiger partial charge in [0.1, 0.15) is 5.75 Å². The molecule has 0 spiro atoms. The fourth-order valence-corrected chi connectivity index (χ4v) is 5.24. The molecule has 1 fully saturated rings. The van der Waals surface area contributed by atoms with Gasteiger partial charge < -0.3 is 4.74 Å². The van der Waals surface area contributed by atoms with Crippen molar-refractivity contribution in [1.29, 1.82) is 0 Å². The van der Waals surface area contributed by atoms with Gasteiger partial charge in [-0.15, -0.1) is 0 Å². The third-order valence-electron chi connectivity index (χ3n) is 7.48. The van der Waals surface area contributed by atoms with Crippen molar-refractivity contribution >= 4 is 0 Å². The Balaban J connectivity index is 1.39. The van der Waals surface area contributed by atoms with Crippen LogP contribution in [0.4, 0.5) is 22.0 Å². The van der Waals surface area contributed by atoms with E-state index >= 15 is 8.78 Å². The van der Waals surface area contributed by atoms with Gasteiger partial charge in [-0.3, -0.25) is 0 Å². The van der Waals surface area contributed by atoms with Crippen LogP contribution in [-0.2, 0) is 12.5 Å². The summed E-state index contributed by atoms with van der Waals surface area (Å²) in [6.45, 7) is 2.23. The van der Waals surface area contributed by atoms with E-state index in [1.54, 1.807) is 12.1 Å². The van der Waals surface area contributed by atoms with E-state index in [0.29, 0.717) is 5.92 Å². The first kappa shape index (κ1) is 27.2. The van der Waals surface area contributed by atoms with Gasteiger partial charge in [0.25, 0.3) is 0 Å². The second kappa shape index (κ2) is 12.1. The van der Waals surface area contributed by atoms with Crippen molar-refractivity contribution in [2.45, 2.75) is 70.8 Å². The zero-order valence-corrected chi connectivity index (χ0v) is 21.1. The maximum atomic E-state index is 15.1. The predicted octanol–water partition coefficient (Wildman–Crippen LogP) is 9.83. The van der Waals surface area contributed by atoms with Gasteiger partial charge in [-0.2, -0.15) is 8.78 Å². The van der Waals surface area contributed by atoms with Crippen LogP contribution in [0, 0.1) is 29.3 Å². The molecule has 0 atom stereocenters. The number of alkyl halides is 2. The fourth-order valence-electron chi connectivity index (χ4n) is 5.24. The molecule has 0 radical (unpaired) electrons. The maximum Gasteiger partial charge on any atom is 0.426 e. The molecule has 0 saturated heterocycles. The van der Waals surface area contributed by atoms with E-state index in [9.17, 15) is 13.2 Å². The van der Waals surface area contributed by atoms with Crippen molar-refractivity contribution in [3.05, 3.63) is 89.2 Å². The fraction of sp³-hybridized carbons (Fsp3) is 0.419. The highest BCUT2D eigenvalue weighted by Crippen LogP contribution is 2.38. The highest BCUT2D eigenvalue weighted by molar-refractivity contribution is 5.70. The molecule has 3 aromatic rings. The number of aryl methyl sites for hydroxylation is 1. The topological polar surface area (TPSA) is 9.23 Å². The van der Waals surface area contributed by atoms with Crippen LogP contribution in [0.3, 0.4) is 0 Å². The summed E-state index contributed by atoms with van der Waals surface area (Å²) in [5.74, 6) is -3.14. The number of halogens is 5. The Morgan fingerprint density at radius 1 is 0.811 bits per heavy atom. The molecule has 4 rings (SSSR count). The molecule has 1 saturated carbocycles. The lowest BCUT2D eigenvalue weighted by molar-refractivity contribution is -0.185.